The summed E-state index contributed by atoms with van der Waals surface area (Å²) in [6, 6.07) is 15.3. The molecule has 4 heteroatoms. The highest BCUT2D eigenvalue weighted by Crippen LogP contribution is 2.26. The number of hydrogen-bond acceptors (Lipinski definition) is 3. The van der Waals surface area contributed by atoms with Gasteiger partial charge >= 0.3 is 0 Å². The summed E-state index contributed by atoms with van der Waals surface area (Å²) in [5.41, 5.74) is 3.81. The number of anilines is 1. The molecule has 3 rings (SSSR count). The molecule has 1 heterocycles. The monoisotopic (exact) mass is 320 g/mol. The van der Waals surface area contributed by atoms with E-state index >= 15 is 0 Å². The molecule has 0 saturated carbocycles. The summed E-state index contributed by atoms with van der Waals surface area (Å²) < 4.78 is 0. The van der Waals surface area contributed by atoms with Crippen LogP contribution >= 0.6 is 0 Å². The zero-order valence-electron chi connectivity index (χ0n) is 13.9. The van der Waals surface area contributed by atoms with Crippen LogP contribution in [0.1, 0.15) is 35.3 Å². The van der Waals surface area contributed by atoms with Gasteiger partial charge in [0, 0.05) is 29.9 Å². The van der Waals surface area contributed by atoms with Gasteiger partial charge in [-0.1, -0.05) is 30.3 Å². The molecule has 2 amide bonds. The molecule has 0 spiro atoms. The third kappa shape index (κ3) is 2.95. The van der Waals surface area contributed by atoms with E-state index in [1.54, 1.807) is 12.1 Å². The van der Waals surface area contributed by atoms with Gasteiger partial charge in [-0.15, -0.1) is 0 Å². The molecule has 0 bridgehead atoms. The van der Waals surface area contributed by atoms with E-state index in [4.69, 9.17) is 0 Å². The zero-order valence-corrected chi connectivity index (χ0v) is 13.9. The van der Waals surface area contributed by atoms with Crippen LogP contribution in [0.5, 0.6) is 0 Å². The second kappa shape index (κ2) is 6.71. The summed E-state index contributed by atoms with van der Waals surface area (Å²) in [5, 5.41) is 2.40. The van der Waals surface area contributed by atoms with Crippen LogP contribution in [0.25, 0.3) is 11.6 Å². The minimum atomic E-state index is -0.355. The van der Waals surface area contributed by atoms with Crippen molar-refractivity contribution < 1.29 is 9.59 Å². The quantitative estimate of drug-likeness (QED) is 0.694. The van der Waals surface area contributed by atoms with Gasteiger partial charge in [0.05, 0.1) is 0 Å². The van der Waals surface area contributed by atoms with E-state index in [1.807, 2.05) is 30.3 Å². The Labute approximate surface area is 141 Å². The van der Waals surface area contributed by atoms with E-state index in [-0.39, 0.29) is 11.8 Å². The van der Waals surface area contributed by atoms with Crippen molar-refractivity contribution in [1.82, 2.24) is 5.32 Å². The largest absolute Gasteiger partial charge is 0.372 e. The second-order valence-corrected chi connectivity index (χ2v) is 5.65. The lowest BCUT2D eigenvalue weighted by atomic mass is 9.93. The summed E-state index contributed by atoms with van der Waals surface area (Å²) in [4.78, 5) is 26.4. The Morgan fingerprint density at radius 1 is 0.875 bits per heavy atom. The third-order valence-corrected chi connectivity index (χ3v) is 4.27. The Morgan fingerprint density at radius 3 is 2.12 bits per heavy atom. The maximum atomic E-state index is 12.2. The molecule has 1 aliphatic rings. The highest BCUT2D eigenvalue weighted by molar-refractivity contribution is 6.33. The molecule has 0 aromatic heterocycles. The fraction of sp³-hybridized carbons (Fsp3) is 0.200. The van der Waals surface area contributed by atoms with Crippen molar-refractivity contribution in [2.45, 2.75) is 13.8 Å². The van der Waals surface area contributed by atoms with Gasteiger partial charge in [-0.2, -0.15) is 0 Å². The normalized spacial score (nSPS) is 15.2. The summed E-state index contributed by atoms with van der Waals surface area (Å²) in [6.07, 6.45) is 1.83. The van der Waals surface area contributed by atoms with Crippen molar-refractivity contribution in [2.75, 3.05) is 18.0 Å². The van der Waals surface area contributed by atoms with E-state index in [0.717, 1.165) is 24.3 Å². The van der Waals surface area contributed by atoms with Crippen LogP contribution in [0.4, 0.5) is 5.69 Å². The topological polar surface area (TPSA) is 49.4 Å². The Hall–Kier alpha value is -2.88. The minimum absolute atomic E-state index is 0.343. The van der Waals surface area contributed by atoms with Gasteiger partial charge in [0.25, 0.3) is 11.8 Å². The number of imide groups is 1. The maximum absolute atomic E-state index is 12.2. The van der Waals surface area contributed by atoms with E-state index < -0.39 is 0 Å². The molecule has 0 radical (unpaired) electrons. The second-order valence-electron chi connectivity index (χ2n) is 5.65. The molecule has 2 aromatic rings. The summed E-state index contributed by atoms with van der Waals surface area (Å²) in [6.45, 7) is 6.16. The number of rotatable bonds is 4. The molecular formula is C20H20N2O2. The Bertz CT molecular complexity index is 803. The molecule has 0 atom stereocenters. The van der Waals surface area contributed by atoms with Gasteiger partial charge < -0.3 is 4.90 Å². The highest BCUT2D eigenvalue weighted by Gasteiger charge is 2.26. The molecule has 122 valence electrons. The van der Waals surface area contributed by atoms with Gasteiger partial charge in [-0.25, -0.2) is 0 Å². The van der Waals surface area contributed by atoms with Crippen molar-refractivity contribution >= 4 is 29.2 Å². The number of benzene rings is 2. The predicted molar refractivity (Wildman–Crippen MR) is 96.8 cm³/mol. The third-order valence-electron chi connectivity index (χ3n) is 4.27. The fourth-order valence-corrected chi connectivity index (χ4v) is 2.96. The number of nitrogens with zero attached hydrogens (tertiary/aromatic N) is 1. The van der Waals surface area contributed by atoms with Gasteiger partial charge in [-0.3, -0.25) is 14.9 Å². The van der Waals surface area contributed by atoms with Crippen LogP contribution in [0.3, 0.4) is 0 Å². The van der Waals surface area contributed by atoms with Crippen molar-refractivity contribution in [3.63, 3.8) is 0 Å². The summed E-state index contributed by atoms with van der Waals surface area (Å²) >= 11 is 0. The van der Waals surface area contributed by atoms with E-state index in [2.05, 4.69) is 36.2 Å². The van der Waals surface area contributed by atoms with Gasteiger partial charge in [-0.05, 0) is 49.2 Å². The molecule has 4 nitrogen and oxygen atoms in total. The lowest BCUT2D eigenvalue weighted by Gasteiger charge is -2.21. The lowest BCUT2D eigenvalue weighted by Crippen LogP contribution is -2.36. The number of fused-ring (bicyclic) bond motifs is 1. The van der Waals surface area contributed by atoms with E-state index in [1.165, 1.54) is 0 Å². The van der Waals surface area contributed by atoms with Gasteiger partial charge in [0.15, 0.2) is 0 Å². The Kier molecular flexibility index (Phi) is 4.47. The molecule has 1 N–H and O–H groups in total. The summed E-state index contributed by atoms with van der Waals surface area (Å²) in [5.74, 6) is -0.698. The number of hydrogen-bond donors (Lipinski definition) is 1. The smallest absolute Gasteiger partial charge is 0.258 e. The van der Waals surface area contributed by atoms with E-state index in [9.17, 15) is 9.59 Å². The first kappa shape index (κ1) is 16.0. The average molecular weight is 320 g/mol. The molecule has 0 saturated heterocycles. The van der Waals surface area contributed by atoms with Crippen molar-refractivity contribution in [3.05, 3.63) is 65.2 Å². The van der Waals surface area contributed by atoms with Crippen LogP contribution in [-0.4, -0.2) is 24.9 Å². The number of amides is 2. The molecule has 0 aliphatic carbocycles. The maximum Gasteiger partial charge on any atom is 0.258 e. The van der Waals surface area contributed by atoms with Crippen LogP contribution in [0, 0.1) is 0 Å². The predicted octanol–water partition coefficient (Wildman–Crippen LogP) is 3.34. The minimum Gasteiger partial charge on any atom is -0.372 e. The van der Waals surface area contributed by atoms with E-state index in [0.29, 0.717) is 16.7 Å². The van der Waals surface area contributed by atoms with Crippen LogP contribution in [-0.2, 0) is 4.79 Å². The van der Waals surface area contributed by atoms with Gasteiger partial charge in [0.2, 0.25) is 0 Å². The SMILES string of the molecule is CCN(CC)c1ccc(/C=C2\C(=O)NC(=O)c3ccccc32)cc1. The van der Waals surface area contributed by atoms with Crippen molar-refractivity contribution in [1.29, 1.82) is 0 Å². The molecule has 2 aromatic carbocycles. The first-order valence-corrected chi connectivity index (χ1v) is 8.15. The first-order valence-electron chi connectivity index (χ1n) is 8.15. The molecule has 0 unspecified atom stereocenters. The van der Waals surface area contributed by atoms with Crippen LogP contribution < -0.4 is 10.2 Å². The van der Waals surface area contributed by atoms with Gasteiger partial charge in [0.1, 0.15) is 0 Å². The fourth-order valence-electron chi connectivity index (χ4n) is 2.96. The molecule has 24 heavy (non-hydrogen) atoms. The van der Waals surface area contributed by atoms with Crippen molar-refractivity contribution in [2.24, 2.45) is 0 Å². The standard InChI is InChI=1S/C20H20N2O2/c1-3-22(4-2)15-11-9-14(10-12-15)13-18-16-7-5-6-8-17(16)19(23)21-20(18)24/h5-13H,3-4H2,1-2H3,(H,21,23,24)/b18-13-. The Morgan fingerprint density at radius 2 is 1.50 bits per heavy atom. The lowest BCUT2D eigenvalue weighted by molar-refractivity contribution is -0.114. The first-order chi connectivity index (χ1) is 11.6. The molecule has 1 aliphatic heterocycles. The Balaban J connectivity index is 1.98. The van der Waals surface area contributed by atoms with Crippen LogP contribution in [0.2, 0.25) is 0 Å². The van der Waals surface area contributed by atoms with Crippen LogP contribution in [0.15, 0.2) is 48.5 Å². The van der Waals surface area contributed by atoms with Crippen molar-refractivity contribution in [3.8, 4) is 0 Å². The average Bonchev–Trinajstić information content (AvgIpc) is 2.61. The number of carbonyl (C=O) groups excluding carboxylic acids is 2. The molecule has 0 fully saturated rings. The highest BCUT2D eigenvalue weighted by atomic mass is 16.2. The zero-order chi connectivity index (χ0) is 17.1. The summed E-state index contributed by atoms with van der Waals surface area (Å²) in [7, 11) is 0. The number of nitrogens with one attached hydrogen (secondary N) is 1. The number of carbonyl (C=O) groups is 2. The molecular weight excluding hydrogens is 300 g/mol.